The lowest BCUT2D eigenvalue weighted by Crippen LogP contribution is -2.12. The van der Waals surface area contributed by atoms with Crippen molar-refractivity contribution in [2.45, 2.75) is 11.8 Å². The van der Waals surface area contributed by atoms with Gasteiger partial charge in [0.25, 0.3) is 10.0 Å². The predicted molar refractivity (Wildman–Crippen MR) is 103 cm³/mol. The molecule has 0 aliphatic rings. The van der Waals surface area contributed by atoms with E-state index < -0.39 is 10.0 Å². The molecule has 0 fully saturated rings. The lowest BCUT2D eigenvalue weighted by atomic mass is 10.2. The number of benzene rings is 3. The minimum atomic E-state index is -3.57. The largest absolute Gasteiger partial charge is 0.356 e. The van der Waals surface area contributed by atoms with Gasteiger partial charge >= 0.3 is 0 Å². The van der Waals surface area contributed by atoms with Crippen LogP contribution in [0.25, 0.3) is 0 Å². The van der Waals surface area contributed by atoms with Crippen molar-refractivity contribution in [3.05, 3.63) is 84.4 Å². The first-order chi connectivity index (χ1) is 11.5. The highest BCUT2D eigenvalue weighted by Gasteiger charge is 2.13. The van der Waals surface area contributed by atoms with Crippen LogP contribution in [-0.4, -0.2) is 8.42 Å². The Kier molecular flexibility index (Phi) is 5.80. The molecule has 0 aliphatic heterocycles. The highest BCUT2D eigenvalue weighted by molar-refractivity contribution is 7.92. The number of anilines is 3. The number of para-hydroxylation sites is 1. The Labute approximate surface area is 148 Å². The summed E-state index contributed by atoms with van der Waals surface area (Å²) in [4.78, 5) is 0.250. The van der Waals surface area contributed by atoms with Crippen LogP contribution in [0.15, 0.2) is 83.8 Å². The van der Waals surface area contributed by atoms with E-state index in [2.05, 4.69) is 10.0 Å². The third-order valence-electron chi connectivity index (χ3n) is 3.53. The van der Waals surface area contributed by atoms with Crippen molar-refractivity contribution in [3.8, 4) is 0 Å². The molecule has 130 valence electrons. The van der Waals surface area contributed by atoms with E-state index in [4.69, 9.17) is 0 Å². The molecule has 0 saturated heterocycles. The zero-order chi connectivity index (χ0) is 17.0. The summed E-state index contributed by atoms with van der Waals surface area (Å²) in [6.07, 6.45) is 0. The summed E-state index contributed by atoms with van der Waals surface area (Å²) < 4.78 is 27.3. The summed E-state index contributed by atoms with van der Waals surface area (Å²) in [7, 11) is -3.57. The molecule has 3 rings (SSSR count). The van der Waals surface area contributed by atoms with Crippen LogP contribution in [0.2, 0.25) is 0 Å². The number of hydrogen-bond acceptors (Lipinski definition) is 4. The molecule has 3 aromatic carbocycles. The van der Waals surface area contributed by atoms with Crippen LogP contribution in [0.3, 0.4) is 0 Å². The summed E-state index contributed by atoms with van der Waals surface area (Å²) in [5, 5.41) is 3.25. The Bertz CT molecular complexity index is 907. The molecule has 0 aromatic heterocycles. The van der Waals surface area contributed by atoms with Gasteiger partial charge in [-0.3, -0.25) is 4.72 Å². The van der Waals surface area contributed by atoms with E-state index in [9.17, 15) is 8.42 Å². The van der Waals surface area contributed by atoms with Gasteiger partial charge in [-0.15, -0.1) is 0 Å². The predicted octanol–water partition coefficient (Wildman–Crippen LogP) is 4.70. The first-order valence-corrected chi connectivity index (χ1v) is 9.03. The van der Waals surface area contributed by atoms with E-state index in [1.807, 2.05) is 49.4 Å². The molecular formula is C19H21N3O2S. The molecule has 5 nitrogen and oxygen atoms in total. The summed E-state index contributed by atoms with van der Waals surface area (Å²) in [5.41, 5.74) is 3.41. The second-order valence-electron chi connectivity index (χ2n) is 5.49. The molecule has 0 saturated carbocycles. The number of nitrogens with one attached hydrogen (secondary N) is 2. The summed E-state index contributed by atoms with van der Waals surface area (Å²) in [6, 6.07) is 23.7. The smallest absolute Gasteiger partial charge is 0.261 e. The Morgan fingerprint density at radius 1 is 0.680 bits per heavy atom. The lowest BCUT2D eigenvalue weighted by molar-refractivity contribution is 0.601. The van der Waals surface area contributed by atoms with Gasteiger partial charge in [-0.05, 0) is 55.5 Å². The zero-order valence-corrected chi connectivity index (χ0v) is 14.8. The van der Waals surface area contributed by atoms with Crippen LogP contribution in [0, 0.1) is 6.92 Å². The maximum absolute atomic E-state index is 12.4. The molecule has 0 unspecified atom stereocenters. The standard InChI is InChI=1S/C19H18N2O2S.H3N/c1-15-7-13-19(14-8-15)24(22,23)21-18-11-9-17(10-12-18)20-16-5-3-2-4-6-16;/h2-14,20-21H,1H3;1H3. The molecule has 0 atom stereocenters. The van der Waals surface area contributed by atoms with Crippen LogP contribution in [0.4, 0.5) is 17.1 Å². The van der Waals surface area contributed by atoms with Gasteiger partial charge in [-0.25, -0.2) is 8.42 Å². The fraction of sp³-hybridized carbons (Fsp3) is 0.0526. The fourth-order valence-corrected chi connectivity index (χ4v) is 3.30. The Balaban J connectivity index is 0.00000225. The second kappa shape index (κ2) is 7.83. The van der Waals surface area contributed by atoms with Gasteiger partial charge < -0.3 is 11.5 Å². The van der Waals surface area contributed by atoms with Crippen molar-refractivity contribution in [2.24, 2.45) is 0 Å². The summed E-state index contributed by atoms with van der Waals surface area (Å²) in [5.74, 6) is 0. The molecule has 3 aromatic rings. The van der Waals surface area contributed by atoms with Crippen molar-refractivity contribution in [2.75, 3.05) is 10.0 Å². The molecule has 0 bridgehead atoms. The van der Waals surface area contributed by atoms with Gasteiger partial charge in [0.05, 0.1) is 4.90 Å². The molecule has 0 radical (unpaired) electrons. The number of rotatable bonds is 5. The molecule has 6 heteroatoms. The van der Waals surface area contributed by atoms with Gasteiger partial charge in [0.2, 0.25) is 0 Å². The van der Waals surface area contributed by atoms with Crippen LogP contribution in [0.5, 0.6) is 0 Å². The van der Waals surface area contributed by atoms with E-state index in [0.29, 0.717) is 5.69 Å². The Hall–Kier alpha value is -2.83. The van der Waals surface area contributed by atoms with Crippen molar-refractivity contribution in [1.29, 1.82) is 0 Å². The molecule has 0 heterocycles. The summed E-state index contributed by atoms with van der Waals surface area (Å²) in [6.45, 7) is 1.92. The lowest BCUT2D eigenvalue weighted by Gasteiger charge is -2.10. The minimum Gasteiger partial charge on any atom is -0.356 e. The van der Waals surface area contributed by atoms with Crippen molar-refractivity contribution in [3.63, 3.8) is 0 Å². The third kappa shape index (κ3) is 4.82. The topological polar surface area (TPSA) is 93.2 Å². The minimum absolute atomic E-state index is 0. The Morgan fingerprint density at radius 2 is 1.20 bits per heavy atom. The quantitative estimate of drug-likeness (QED) is 0.618. The average Bonchev–Trinajstić information content (AvgIpc) is 2.58. The van der Waals surface area contributed by atoms with Crippen LogP contribution < -0.4 is 16.2 Å². The van der Waals surface area contributed by atoms with Gasteiger partial charge in [0, 0.05) is 17.1 Å². The highest BCUT2D eigenvalue weighted by Crippen LogP contribution is 2.21. The van der Waals surface area contributed by atoms with E-state index in [1.165, 1.54) is 0 Å². The molecular weight excluding hydrogens is 334 g/mol. The van der Waals surface area contributed by atoms with Crippen LogP contribution in [0.1, 0.15) is 5.56 Å². The molecule has 25 heavy (non-hydrogen) atoms. The van der Waals surface area contributed by atoms with E-state index in [1.54, 1.807) is 36.4 Å². The maximum atomic E-state index is 12.4. The van der Waals surface area contributed by atoms with E-state index in [-0.39, 0.29) is 11.0 Å². The van der Waals surface area contributed by atoms with Crippen molar-refractivity contribution >= 4 is 27.1 Å². The zero-order valence-electron chi connectivity index (χ0n) is 13.9. The fourth-order valence-electron chi connectivity index (χ4n) is 2.24. The molecule has 0 spiro atoms. The second-order valence-corrected chi connectivity index (χ2v) is 7.17. The first kappa shape index (κ1) is 18.5. The van der Waals surface area contributed by atoms with Gasteiger partial charge in [0.1, 0.15) is 0 Å². The number of hydrogen-bond donors (Lipinski definition) is 3. The number of aryl methyl sites for hydroxylation is 1. The van der Waals surface area contributed by atoms with Crippen LogP contribution in [-0.2, 0) is 10.0 Å². The van der Waals surface area contributed by atoms with Gasteiger partial charge in [0.15, 0.2) is 0 Å². The van der Waals surface area contributed by atoms with E-state index in [0.717, 1.165) is 16.9 Å². The Morgan fingerprint density at radius 3 is 1.80 bits per heavy atom. The molecule has 5 N–H and O–H groups in total. The third-order valence-corrected chi connectivity index (χ3v) is 4.93. The first-order valence-electron chi connectivity index (χ1n) is 7.54. The summed E-state index contributed by atoms with van der Waals surface area (Å²) >= 11 is 0. The maximum Gasteiger partial charge on any atom is 0.261 e. The normalized spacial score (nSPS) is 10.6. The van der Waals surface area contributed by atoms with Crippen molar-refractivity contribution in [1.82, 2.24) is 6.15 Å². The molecule has 0 amide bonds. The monoisotopic (exact) mass is 355 g/mol. The average molecular weight is 355 g/mol. The molecule has 0 aliphatic carbocycles. The van der Waals surface area contributed by atoms with Gasteiger partial charge in [-0.1, -0.05) is 35.9 Å². The highest BCUT2D eigenvalue weighted by atomic mass is 32.2. The van der Waals surface area contributed by atoms with Crippen LogP contribution >= 0.6 is 0 Å². The van der Waals surface area contributed by atoms with Crippen molar-refractivity contribution < 1.29 is 8.42 Å². The number of sulfonamides is 1. The van der Waals surface area contributed by atoms with E-state index >= 15 is 0 Å². The SMILES string of the molecule is Cc1ccc(S(=O)(=O)Nc2ccc(Nc3ccccc3)cc2)cc1.N. The van der Waals surface area contributed by atoms with Gasteiger partial charge in [-0.2, -0.15) is 0 Å².